The van der Waals surface area contributed by atoms with E-state index in [2.05, 4.69) is 84.9 Å². The second-order valence-corrected chi connectivity index (χ2v) is 6.83. The van der Waals surface area contributed by atoms with Crippen molar-refractivity contribution < 1.29 is 0 Å². The molecule has 5 rings (SSSR count). The van der Waals surface area contributed by atoms with E-state index in [9.17, 15) is 0 Å². The number of benzene rings is 5. The summed E-state index contributed by atoms with van der Waals surface area (Å²) in [5.74, 6) is 0. The van der Waals surface area contributed by atoms with Crippen molar-refractivity contribution in [1.29, 1.82) is 0 Å². The summed E-state index contributed by atoms with van der Waals surface area (Å²) in [5.41, 5.74) is 2.44. The standard InChI is InChI=1S/C24H15Cl/c25-20-11-12-22-21-8-4-3-7-18(21)14-23(24(22)15-20)19-10-9-16-5-1-2-6-17(16)13-19/h1-15H. The molecule has 0 amide bonds. The molecule has 0 fully saturated rings. The molecular weight excluding hydrogens is 324 g/mol. The number of hydrogen-bond donors (Lipinski definition) is 0. The average molecular weight is 339 g/mol. The van der Waals surface area contributed by atoms with E-state index < -0.39 is 0 Å². The summed E-state index contributed by atoms with van der Waals surface area (Å²) < 4.78 is 0. The molecular formula is C24H15Cl. The molecule has 0 heterocycles. The van der Waals surface area contributed by atoms with Crippen LogP contribution in [-0.4, -0.2) is 0 Å². The molecule has 5 aromatic rings. The van der Waals surface area contributed by atoms with Gasteiger partial charge in [0.1, 0.15) is 0 Å². The van der Waals surface area contributed by atoms with Crippen molar-refractivity contribution in [2.45, 2.75) is 0 Å². The second-order valence-electron chi connectivity index (χ2n) is 6.40. The van der Waals surface area contributed by atoms with Crippen molar-refractivity contribution in [2.75, 3.05) is 0 Å². The first-order valence-electron chi connectivity index (χ1n) is 8.40. The molecule has 0 aromatic heterocycles. The predicted molar refractivity (Wildman–Crippen MR) is 109 cm³/mol. The fourth-order valence-corrected chi connectivity index (χ4v) is 3.84. The van der Waals surface area contributed by atoms with Crippen molar-refractivity contribution in [3.63, 3.8) is 0 Å². The highest BCUT2D eigenvalue weighted by molar-refractivity contribution is 6.32. The third-order valence-electron chi connectivity index (χ3n) is 4.88. The molecule has 0 saturated heterocycles. The van der Waals surface area contributed by atoms with Gasteiger partial charge in [0.05, 0.1) is 0 Å². The van der Waals surface area contributed by atoms with Gasteiger partial charge in [-0.15, -0.1) is 0 Å². The molecule has 0 saturated carbocycles. The summed E-state index contributed by atoms with van der Waals surface area (Å²) in [5, 5.41) is 8.23. The molecule has 0 unspecified atom stereocenters. The average Bonchev–Trinajstić information content (AvgIpc) is 2.67. The maximum absolute atomic E-state index is 6.32. The third kappa shape index (κ3) is 2.38. The van der Waals surface area contributed by atoms with E-state index in [1.807, 2.05) is 6.07 Å². The zero-order chi connectivity index (χ0) is 16.8. The molecule has 0 aliphatic heterocycles. The van der Waals surface area contributed by atoms with Crippen LogP contribution in [0.1, 0.15) is 0 Å². The van der Waals surface area contributed by atoms with Gasteiger partial charge in [0.15, 0.2) is 0 Å². The Morgan fingerprint density at radius 3 is 2.12 bits per heavy atom. The lowest BCUT2D eigenvalue weighted by Gasteiger charge is -2.12. The van der Waals surface area contributed by atoms with Gasteiger partial charge < -0.3 is 0 Å². The number of rotatable bonds is 1. The maximum Gasteiger partial charge on any atom is 0.0412 e. The number of fused-ring (bicyclic) bond motifs is 4. The Hall–Kier alpha value is -2.83. The van der Waals surface area contributed by atoms with Crippen molar-refractivity contribution in [3.8, 4) is 11.1 Å². The van der Waals surface area contributed by atoms with Crippen LogP contribution in [0.3, 0.4) is 0 Å². The number of halogens is 1. The molecule has 0 aliphatic rings. The molecule has 1 heteroatoms. The molecule has 0 atom stereocenters. The Balaban J connectivity index is 1.90. The molecule has 0 radical (unpaired) electrons. The van der Waals surface area contributed by atoms with E-state index >= 15 is 0 Å². The fraction of sp³-hybridized carbons (Fsp3) is 0. The van der Waals surface area contributed by atoms with Crippen LogP contribution >= 0.6 is 11.6 Å². The minimum atomic E-state index is 0.768. The highest BCUT2D eigenvalue weighted by atomic mass is 35.5. The normalized spacial score (nSPS) is 11.4. The molecule has 0 nitrogen and oxygen atoms in total. The van der Waals surface area contributed by atoms with Gasteiger partial charge in [0.25, 0.3) is 0 Å². The molecule has 25 heavy (non-hydrogen) atoms. The van der Waals surface area contributed by atoms with Crippen molar-refractivity contribution in [3.05, 3.63) is 96.0 Å². The van der Waals surface area contributed by atoms with Crippen molar-refractivity contribution >= 4 is 43.9 Å². The van der Waals surface area contributed by atoms with Crippen molar-refractivity contribution in [2.24, 2.45) is 0 Å². The van der Waals surface area contributed by atoms with Gasteiger partial charge >= 0.3 is 0 Å². The van der Waals surface area contributed by atoms with E-state index in [4.69, 9.17) is 11.6 Å². The summed E-state index contributed by atoms with van der Waals surface area (Å²) in [6, 6.07) is 32.1. The highest BCUT2D eigenvalue weighted by Crippen LogP contribution is 2.37. The first-order chi connectivity index (χ1) is 12.3. The van der Waals surface area contributed by atoms with Gasteiger partial charge in [0, 0.05) is 5.02 Å². The molecule has 0 N–H and O–H groups in total. The van der Waals surface area contributed by atoms with Crippen LogP contribution in [0.15, 0.2) is 91.0 Å². The Kier molecular flexibility index (Phi) is 3.26. The van der Waals surface area contributed by atoms with E-state index in [-0.39, 0.29) is 0 Å². The zero-order valence-electron chi connectivity index (χ0n) is 13.5. The minimum absolute atomic E-state index is 0.768. The van der Waals surface area contributed by atoms with E-state index in [1.54, 1.807) is 0 Å². The lowest BCUT2D eigenvalue weighted by molar-refractivity contribution is 1.69. The van der Waals surface area contributed by atoms with Gasteiger partial charge in [-0.25, -0.2) is 0 Å². The highest BCUT2D eigenvalue weighted by Gasteiger charge is 2.09. The van der Waals surface area contributed by atoms with Gasteiger partial charge in [-0.1, -0.05) is 78.3 Å². The Bertz CT molecular complexity index is 1250. The quantitative estimate of drug-likeness (QED) is 0.278. The van der Waals surface area contributed by atoms with E-state index in [0.717, 1.165) is 5.02 Å². The number of hydrogen-bond acceptors (Lipinski definition) is 0. The largest absolute Gasteiger partial charge is 0.0843 e. The van der Waals surface area contributed by atoms with Crippen LogP contribution in [0.2, 0.25) is 5.02 Å². The Labute approximate surface area is 151 Å². The van der Waals surface area contributed by atoms with Gasteiger partial charge in [0.2, 0.25) is 0 Å². The van der Waals surface area contributed by atoms with Crippen LogP contribution in [0.4, 0.5) is 0 Å². The van der Waals surface area contributed by atoms with E-state index in [1.165, 1.54) is 43.4 Å². The van der Waals surface area contributed by atoms with Gasteiger partial charge in [-0.2, -0.15) is 0 Å². The Morgan fingerprint density at radius 1 is 0.480 bits per heavy atom. The topological polar surface area (TPSA) is 0 Å². The summed E-state index contributed by atoms with van der Waals surface area (Å²) in [6.45, 7) is 0. The molecule has 118 valence electrons. The van der Waals surface area contributed by atoms with Crippen LogP contribution in [0, 0.1) is 0 Å². The minimum Gasteiger partial charge on any atom is -0.0843 e. The molecule has 0 spiro atoms. The molecule has 0 bridgehead atoms. The summed E-state index contributed by atoms with van der Waals surface area (Å²) in [6.07, 6.45) is 0. The second kappa shape index (κ2) is 5.61. The smallest absolute Gasteiger partial charge is 0.0412 e. The maximum atomic E-state index is 6.32. The molecule has 0 aliphatic carbocycles. The van der Waals surface area contributed by atoms with Gasteiger partial charge in [-0.05, 0) is 67.7 Å². The van der Waals surface area contributed by atoms with Crippen LogP contribution in [-0.2, 0) is 0 Å². The summed E-state index contributed by atoms with van der Waals surface area (Å²) >= 11 is 6.32. The predicted octanol–water partition coefficient (Wildman–Crippen LogP) is 7.47. The molecule has 5 aromatic carbocycles. The summed E-state index contributed by atoms with van der Waals surface area (Å²) in [4.78, 5) is 0. The third-order valence-corrected chi connectivity index (χ3v) is 5.12. The SMILES string of the molecule is Clc1ccc2c(c1)c(-c1ccc3ccccc3c1)cc1ccccc12. The lowest BCUT2D eigenvalue weighted by atomic mass is 9.92. The zero-order valence-corrected chi connectivity index (χ0v) is 14.3. The van der Waals surface area contributed by atoms with Crippen LogP contribution < -0.4 is 0 Å². The van der Waals surface area contributed by atoms with E-state index in [0.29, 0.717) is 0 Å². The first-order valence-corrected chi connectivity index (χ1v) is 8.78. The first kappa shape index (κ1) is 14.5. The van der Waals surface area contributed by atoms with Crippen molar-refractivity contribution in [1.82, 2.24) is 0 Å². The fourth-order valence-electron chi connectivity index (χ4n) is 3.67. The lowest BCUT2D eigenvalue weighted by Crippen LogP contribution is -1.85. The summed E-state index contributed by atoms with van der Waals surface area (Å²) in [7, 11) is 0. The van der Waals surface area contributed by atoms with Crippen LogP contribution in [0.25, 0.3) is 43.4 Å². The monoisotopic (exact) mass is 338 g/mol. The van der Waals surface area contributed by atoms with Gasteiger partial charge in [-0.3, -0.25) is 0 Å². The van der Waals surface area contributed by atoms with Crippen LogP contribution in [0.5, 0.6) is 0 Å². The Morgan fingerprint density at radius 2 is 1.24 bits per heavy atom.